The van der Waals surface area contributed by atoms with Crippen LogP contribution in [0.2, 0.25) is 0 Å². The van der Waals surface area contributed by atoms with Crippen LogP contribution in [0.5, 0.6) is 0 Å². The van der Waals surface area contributed by atoms with Crippen molar-refractivity contribution in [3.63, 3.8) is 0 Å². The first kappa shape index (κ1) is 12.1. The number of hydrogen-bond donors (Lipinski definition) is 0. The second kappa shape index (κ2) is 4.89. The van der Waals surface area contributed by atoms with E-state index in [0.717, 1.165) is 5.56 Å². The quantitative estimate of drug-likeness (QED) is 0.462. The number of ether oxygens (including phenoxy) is 1. The van der Waals surface area contributed by atoms with Crippen LogP contribution in [0.3, 0.4) is 0 Å². The van der Waals surface area contributed by atoms with E-state index in [1.165, 1.54) is 0 Å². The van der Waals surface area contributed by atoms with Gasteiger partial charge in [0.2, 0.25) is 17.7 Å². The van der Waals surface area contributed by atoms with Crippen LogP contribution in [0, 0.1) is 12.0 Å². The smallest absolute Gasteiger partial charge is 0.235 e. The Morgan fingerprint density at radius 2 is 2.17 bits per heavy atom. The van der Waals surface area contributed by atoms with Crippen molar-refractivity contribution < 1.29 is 14.3 Å². The number of carbonyl (C=O) groups excluding carboxylic acids is 2. The Balaban J connectivity index is 2.47. The molecular formula is C15H12O3. The van der Waals surface area contributed by atoms with Gasteiger partial charge in [0.15, 0.2) is 0 Å². The number of hydrogen-bond acceptors (Lipinski definition) is 3. The van der Waals surface area contributed by atoms with Gasteiger partial charge >= 0.3 is 0 Å². The second-order valence-electron chi connectivity index (χ2n) is 3.91. The van der Waals surface area contributed by atoms with E-state index in [0.29, 0.717) is 17.5 Å². The van der Waals surface area contributed by atoms with Gasteiger partial charge in [-0.2, -0.15) is 0 Å². The van der Waals surface area contributed by atoms with Crippen LogP contribution < -0.4 is 0 Å². The molecule has 2 rings (SSSR count). The standard InChI is InChI=1S/C15H12O3/c1-3-6-10-7-5-8-11-12(10)14(17)15(13(11)16)18-9-4-2/h3,5,7-8,15H,1,6H2,2H3. The Bertz CT molecular complexity index is 587. The highest BCUT2D eigenvalue weighted by atomic mass is 16.5. The maximum Gasteiger partial charge on any atom is 0.235 e. The molecule has 1 aliphatic carbocycles. The van der Waals surface area contributed by atoms with Crippen LogP contribution in [0.15, 0.2) is 30.9 Å². The molecule has 3 nitrogen and oxygen atoms in total. The predicted octanol–water partition coefficient (Wildman–Crippen LogP) is 2.16. The molecule has 0 radical (unpaired) electrons. The molecule has 1 aromatic carbocycles. The van der Waals surface area contributed by atoms with Crippen LogP contribution in [-0.2, 0) is 11.2 Å². The van der Waals surface area contributed by atoms with Gasteiger partial charge in [-0.25, -0.2) is 0 Å². The topological polar surface area (TPSA) is 43.4 Å². The number of allylic oxidation sites excluding steroid dienone is 1. The fraction of sp³-hybridized carbons (Fsp3) is 0.200. The molecule has 0 fully saturated rings. The number of benzene rings is 1. The summed E-state index contributed by atoms with van der Waals surface area (Å²) in [7, 11) is 0. The molecule has 1 unspecified atom stereocenters. The first-order chi connectivity index (χ1) is 8.70. The van der Waals surface area contributed by atoms with Crippen molar-refractivity contribution in [2.45, 2.75) is 19.4 Å². The fourth-order valence-electron chi connectivity index (χ4n) is 2.04. The van der Waals surface area contributed by atoms with Crippen molar-refractivity contribution in [1.82, 2.24) is 0 Å². The molecule has 1 aliphatic rings. The van der Waals surface area contributed by atoms with Crippen LogP contribution in [-0.4, -0.2) is 17.7 Å². The average molecular weight is 240 g/mol. The zero-order valence-electron chi connectivity index (χ0n) is 10.0. The molecule has 1 atom stereocenters. The molecule has 0 N–H and O–H groups in total. The lowest BCUT2D eigenvalue weighted by Crippen LogP contribution is -2.24. The number of rotatable bonds is 3. The van der Waals surface area contributed by atoms with Crippen molar-refractivity contribution in [2.24, 2.45) is 0 Å². The molecule has 0 heterocycles. The molecule has 0 saturated carbocycles. The van der Waals surface area contributed by atoms with E-state index in [-0.39, 0.29) is 11.6 Å². The molecule has 0 amide bonds. The maximum atomic E-state index is 12.2. The number of Topliss-reactive ketones (excluding diaryl/α,β-unsaturated/α-hetero) is 2. The van der Waals surface area contributed by atoms with E-state index in [1.807, 2.05) is 6.07 Å². The summed E-state index contributed by atoms with van der Waals surface area (Å²) in [4.78, 5) is 24.2. The largest absolute Gasteiger partial charge is 0.426 e. The van der Waals surface area contributed by atoms with E-state index in [1.54, 1.807) is 25.1 Å². The Kier molecular flexibility index (Phi) is 3.29. The summed E-state index contributed by atoms with van der Waals surface area (Å²) in [6.45, 7) is 5.23. The third-order valence-corrected chi connectivity index (χ3v) is 2.78. The summed E-state index contributed by atoms with van der Waals surface area (Å²) < 4.78 is 5.01. The first-order valence-electron chi connectivity index (χ1n) is 5.59. The van der Waals surface area contributed by atoms with Crippen molar-refractivity contribution in [1.29, 1.82) is 0 Å². The predicted molar refractivity (Wildman–Crippen MR) is 67.3 cm³/mol. The van der Waals surface area contributed by atoms with Crippen LogP contribution in [0.1, 0.15) is 33.2 Å². The van der Waals surface area contributed by atoms with Gasteiger partial charge in [0.25, 0.3) is 0 Å². The molecule has 1 aromatic rings. The SMILES string of the molecule is C=CCc1cccc2c1C(=O)C(OC#CC)C2=O. The van der Waals surface area contributed by atoms with Crippen LogP contribution in [0.4, 0.5) is 0 Å². The van der Waals surface area contributed by atoms with Crippen molar-refractivity contribution >= 4 is 11.6 Å². The minimum absolute atomic E-state index is 0.310. The number of carbonyl (C=O) groups is 2. The maximum absolute atomic E-state index is 12.2. The Labute approximate surface area is 105 Å². The Hall–Kier alpha value is -2.34. The lowest BCUT2D eigenvalue weighted by Gasteiger charge is -2.04. The Morgan fingerprint density at radius 1 is 1.39 bits per heavy atom. The highest BCUT2D eigenvalue weighted by molar-refractivity contribution is 6.29. The molecule has 0 aliphatic heterocycles. The molecule has 0 saturated heterocycles. The minimum Gasteiger partial charge on any atom is -0.426 e. The Morgan fingerprint density at radius 3 is 2.83 bits per heavy atom. The molecular weight excluding hydrogens is 228 g/mol. The third kappa shape index (κ3) is 1.82. The zero-order chi connectivity index (χ0) is 13.1. The monoisotopic (exact) mass is 240 g/mol. The van der Waals surface area contributed by atoms with Gasteiger partial charge in [0.05, 0.1) is 0 Å². The summed E-state index contributed by atoms with van der Waals surface area (Å²) >= 11 is 0. The first-order valence-corrected chi connectivity index (χ1v) is 5.59. The summed E-state index contributed by atoms with van der Waals surface area (Å²) in [5.41, 5.74) is 1.67. The van der Waals surface area contributed by atoms with E-state index in [4.69, 9.17) is 4.74 Å². The molecule has 3 heteroatoms. The second-order valence-corrected chi connectivity index (χ2v) is 3.91. The normalized spacial score (nSPS) is 16.8. The average Bonchev–Trinajstić information content (AvgIpc) is 2.61. The van der Waals surface area contributed by atoms with Gasteiger partial charge in [-0.05, 0) is 12.0 Å². The lowest BCUT2D eigenvalue weighted by atomic mass is 10.0. The minimum atomic E-state index is -1.11. The summed E-state index contributed by atoms with van der Waals surface area (Å²) in [5.74, 6) is 1.88. The lowest BCUT2D eigenvalue weighted by molar-refractivity contribution is 0.0659. The van der Waals surface area contributed by atoms with Crippen molar-refractivity contribution in [3.05, 3.63) is 47.5 Å². The molecule has 0 aromatic heterocycles. The zero-order valence-corrected chi connectivity index (χ0v) is 10.0. The van der Waals surface area contributed by atoms with Crippen LogP contribution >= 0.6 is 0 Å². The van der Waals surface area contributed by atoms with Crippen molar-refractivity contribution in [2.75, 3.05) is 0 Å². The van der Waals surface area contributed by atoms with E-state index in [9.17, 15) is 9.59 Å². The van der Waals surface area contributed by atoms with Gasteiger partial charge < -0.3 is 4.74 Å². The molecule has 0 spiro atoms. The summed E-state index contributed by atoms with van der Waals surface area (Å²) in [6, 6.07) is 5.22. The molecule has 18 heavy (non-hydrogen) atoms. The van der Waals surface area contributed by atoms with Gasteiger partial charge in [-0.1, -0.05) is 30.2 Å². The van der Waals surface area contributed by atoms with Gasteiger partial charge in [0.1, 0.15) is 6.11 Å². The van der Waals surface area contributed by atoms with Gasteiger partial charge in [-0.3, -0.25) is 9.59 Å². The molecule has 0 bridgehead atoms. The van der Waals surface area contributed by atoms with E-state index >= 15 is 0 Å². The fourth-order valence-corrected chi connectivity index (χ4v) is 2.04. The highest BCUT2D eigenvalue weighted by Gasteiger charge is 2.41. The third-order valence-electron chi connectivity index (χ3n) is 2.78. The summed E-state index contributed by atoms with van der Waals surface area (Å²) in [6.07, 6.45) is 3.46. The van der Waals surface area contributed by atoms with Gasteiger partial charge in [-0.15, -0.1) is 6.58 Å². The van der Waals surface area contributed by atoms with Crippen molar-refractivity contribution in [3.8, 4) is 12.0 Å². The number of fused-ring (bicyclic) bond motifs is 1. The van der Waals surface area contributed by atoms with E-state index in [2.05, 4.69) is 18.6 Å². The molecule has 90 valence electrons. The summed E-state index contributed by atoms with van der Waals surface area (Å²) in [5, 5.41) is 0. The van der Waals surface area contributed by atoms with Gasteiger partial charge in [0, 0.05) is 18.1 Å². The highest BCUT2D eigenvalue weighted by Crippen LogP contribution is 2.27. The number of ketones is 2. The van der Waals surface area contributed by atoms with Crippen LogP contribution in [0.25, 0.3) is 0 Å². The van der Waals surface area contributed by atoms with E-state index < -0.39 is 6.10 Å².